The van der Waals surface area contributed by atoms with Gasteiger partial charge in [-0.15, -0.1) is 0 Å². The van der Waals surface area contributed by atoms with Crippen molar-refractivity contribution in [3.8, 4) is 0 Å². The fourth-order valence-electron chi connectivity index (χ4n) is 2.80. The minimum Gasteiger partial charge on any atom is -1.00 e. The van der Waals surface area contributed by atoms with Crippen molar-refractivity contribution in [2.75, 3.05) is 0 Å². The molecule has 0 saturated carbocycles. The van der Waals surface area contributed by atoms with E-state index in [4.69, 9.17) is 0 Å². The van der Waals surface area contributed by atoms with E-state index in [1.165, 1.54) is 109 Å². The van der Waals surface area contributed by atoms with Gasteiger partial charge in [0.05, 0.1) is 0 Å². The summed E-state index contributed by atoms with van der Waals surface area (Å²) in [5, 5.41) is 0. The van der Waals surface area contributed by atoms with Gasteiger partial charge in [-0.3, -0.25) is 0 Å². The average molecular weight is 394 g/mol. The van der Waals surface area contributed by atoms with Crippen molar-refractivity contribution in [3.05, 3.63) is 0 Å². The molecule has 0 atom stereocenters. The van der Waals surface area contributed by atoms with Gasteiger partial charge in [0.15, 0.2) is 0 Å². The van der Waals surface area contributed by atoms with Crippen molar-refractivity contribution in [1.29, 1.82) is 0 Å². The summed E-state index contributed by atoms with van der Waals surface area (Å²) in [4.78, 5) is 0. The quantitative estimate of drug-likeness (QED) is 0.276. The Morgan fingerprint density at radius 2 is 0.455 bits per heavy atom. The monoisotopic (exact) mass is 393 g/mol. The molecule has 0 aliphatic rings. The Bertz CT molecular complexity index is 138. The Labute approximate surface area is 164 Å². The molecule has 0 rings (SSSR count). The van der Waals surface area contributed by atoms with Crippen LogP contribution in [0.3, 0.4) is 0 Å². The third kappa shape index (κ3) is 29.2. The topological polar surface area (TPSA) is 0 Å². The van der Waals surface area contributed by atoms with Crippen LogP contribution in [0.2, 0.25) is 0 Å². The first kappa shape index (κ1) is 30.9. The second kappa shape index (κ2) is 30.0. The van der Waals surface area contributed by atoms with Crippen LogP contribution >= 0.6 is 0 Å². The van der Waals surface area contributed by atoms with Gasteiger partial charge >= 0.3 is 17.1 Å². The molecule has 0 unspecified atom stereocenters. The summed E-state index contributed by atoms with van der Waals surface area (Å²) >= 11 is 0. The number of hydrogen-bond donors (Lipinski definition) is 0. The molecule has 0 aromatic carbocycles. The van der Waals surface area contributed by atoms with Gasteiger partial charge in [0.2, 0.25) is 0 Å². The zero-order valence-electron chi connectivity index (χ0n) is 15.2. The smallest absolute Gasteiger partial charge is 1.00 e. The molecular formula is C19H40Cl2Mn. The van der Waals surface area contributed by atoms with Gasteiger partial charge in [-0.05, 0) is 0 Å². The van der Waals surface area contributed by atoms with Crippen LogP contribution in [0.15, 0.2) is 0 Å². The fraction of sp³-hybridized carbons (Fsp3) is 1.00. The van der Waals surface area contributed by atoms with E-state index in [0.29, 0.717) is 0 Å². The van der Waals surface area contributed by atoms with Gasteiger partial charge in [-0.2, -0.15) is 0 Å². The molecule has 0 aliphatic heterocycles. The van der Waals surface area contributed by atoms with Gasteiger partial charge in [-0.1, -0.05) is 123 Å². The van der Waals surface area contributed by atoms with E-state index < -0.39 is 0 Å². The maximum absolute atomic E-state index is 2.30. The Kier molecular flexibility index (Phi) is 42.2. The normalized spacial score (nSPS) is 9.55. The van der Waals surface area contributed by atoms with Crippen molar-refractivity contribution in [2.24, 2.45) is 0 Å². The third-order valence-corrected chi connectivity index (χ3v) is 4.21. The van der Waals surface area contributed by atoms with Crippen molar-refractivity contribution in [3.63, 3.8) is 0 Å². The van der Waals surface area contributed by atoms with Crippen LogP contribution in [-0.2, 0) is 17.1 Å². The van der Waals surface area contributed by atoms with Crippen LogP contribution in [-0.4, -0.2) is 0 Å². The molecule has 0 nitrogen and oxygen atoms in total. The first-order valence-corrected chi connectivity index (χ1v) is 9.41. The van der Waals surface area contributed by atoms with Gasteiger partial charge in [0, 0.05) is 0 Å². The Morgan fingerprint density at radius 3 is 0.591 bits per heavy atom. The van der Waals surface area contributed by atoms with Crippen LogP contribution in [0.4, 0.5) is 0 Å². The predicted molar refractivity (Wildman–Crippen MR) is 89.8 cm³/mol. The molecule has 0 aromatic heterocycles. The molecule has 0 heterocycles. The van der Waals surface area contributed by atoms with E-state index in [0.717, 1.165) is 0 Å². The Hall–Kier alpha value is 1.10. The SMILES string of the molecule is CCCCCCCCCCCCCCCCCCC.[Cl-].[Cl-].[Mn+2]. The fourth-order valence-corrected chi connectivity index (χ4v) is 2.80. The zero-order valence-corrected chi connectivity index (χ0v) is 17.8. The van der Waals surface area contributed by atoms with Crippen LogP contribution < -0.4 is 24.8 Å². The number of halogens is 2. The predicted octanol–water partition coefficient (Wildman–Crippen LogP) is 1.66. The van der Waals surface area contributed by atoms with Crippen molar-refractivity contribution in [1.82, 2.24) is 0 Å². The van der Waals surface area contributed by atoms with Gasteiger partial charge in [0.1, 0.15) is 0 Å². The zero-order chi connectivity index (χ0) is 14.0. The van der Waals surface area contributed by atoms with Crippen molar-refractivity contribution < 1.29 is 41.9 Å². The van der Waals surface area contributed by atoms with Crippen molar-refractivity contribution >= 4 is 0 Å². The molecule has 0 spiro atoms. The standard InChI is InChI=1S/C19H40.2ClH.Mn/c1-3-5-7-9-11-13-15-17-19-18-16-14-12-10-8-6-4-2;;;/h3-19H2,1-2H3;2*1H;/q;;;+2/p-2. The molecule has 3 heteroatoms. The minimum atomic E-state index is 0. The Balaban J connectivity index is -0.000000540. The van der Waals surface area contributed by atoms with Crippen LogP contribution in [0.5, 0.6) is 0 Å². The molecule has 0 aliphatic carbocycles. The van der Waals surface area contributed by atoms with E-state index in [1.807, 2.05) is 0 Å². The maximum Gasteiger partial charge on any atom is 2.00 e. The maximum atomic E-state index is 2.30. The number of unbranched alkanes of at least 4 members (excludes halogenated alkanes) is 16. The third-order valence-electron chi connectivity index (χ3n) is 4.21. The molecular weight excluding hydrogens is 354 g/mol. The van der Waals surface area contributed by atoms with Crippen LogP contribution in [0.25, 0.3) is 0 Å². The first-order chi connectivity index (χ1) is 9.41. The summed E-state index contributed by atoms with van der Waals surface area (Å²) in [6.07, 6.45) is 24.9. The van der Waals surface area contributed by atoms with E-state index in [1.54, 1.807) is 0 Å². The summed E-state index contributed by atoms with van der Waals surface area (Å²) in [6, 6.07) is 0. The minimum absolute atomic E-state index is 0. The summed E-state index contributed by atoms with van der Waals surface area (Å²) in [7, 11) is 0. The summed E-state index contributed by atoms with van der Waals surface area (Å²) < 4.78 is 0. The van der Waals surface area contributed by atoms with Gasteiger partial charge in [0.25, 0.3) is 0 Å². The van der Waals surface area contributed by atoms with E-state index >= 15 is 0 Å². The molecule has 0 aromatic rings. The Morgan fingerprint density at radius 1 is 0.318 bits per heavy atom. The first-order valence-electron chi connectivity index (χ1n) is 9.41. The molecule has 137 valence electrons. The molecule has 0 saturated heterocycles. The number of hydrogen-bond acceptors (Lipinski definition) is 0. The largest absolute Gasteiger partial charge is 2.00 e. The molecule has 0 amide bonds. The van der Waals surface area contributed by atoms with E-state index in [9.17, 15) is 0 Å². The molecule has 22 heavy (non-hydrogen) atoms. The molecule has 1 radical (unpaired) electrons. The van der Waals surface area contributed by atoms with Gasteiger partial charge in [-0.25, -0.2) is 0 Å². The second-order valence-electron chi connectivity index (χ2n) is 6.30. The summed E-state index contributed by atoms with van der Waals surface area (Å²) in [5.41, 5.74) is 0. The van der Waals surface area contributed by atoms with E-state index in [2.05, 4.69) is 13.8 Å². The summed E-state index contributed by atoms with van der Waals surface area (Å²) in [5.74, 6) is 0. The summed E-state index contributed by atoms with van der Waals surface area (Å²) in [6.45, 7) is 4.59. The van der Waals surface area contributed by atoms with Gasteiger partial charge < -0.3 is 24.8 Å². The van der Waals surface area contributed by atoms with Crippen LogP contribution in [0.1, 0.15) is 123 Å². The second-order valence-corrected chi connectivity index (χ2v) is 6.30. The molecule has 0 N–H and O–H groups in total. The van der Waals surface area contributed by atoms with E-state index in [-0.39, 0.29) is 41.9 Å². The average Bonchev–Trinajstić information content (AvgIpc) is 2.43. The van der Waals surface area contributed by atoms with Crippen molar-refractivity contribution in [2.45, 2.75) is 123 Å². The molecule has 0 fully saturated rings. The van der Waals surface area contributed by atoms with Crippen LogP contribution in [0, 0.1) is 0 Å². The number of rotatable bonds is 16. The molecule has 0 bridgehead atoms.